The van der Waals surface area contributed by atoms with Crippen molar-refractivity contribution < 1.29 is 0 Å². The monoisotopic (exact) mass is 128 g/mol. The second kappa shape index (κ2) is 2.67. The maximum atomic E-state index is 5.78. The Balaban J connectivity index is 2.15. The molecule has 0 spiro atoms. The molecule has 1 aliphatic carbocycles. The lowest BCUT2D eigenvalue weighted by Crippen LogP contribution is -2.45. The predicted molar refractivity (Wildman–Crippen MR) is 39.0 cm³/mol. The summed E-state index contributed by atoms with van der Waals surface area (Å²) in [5.74, 6) is 0.727. The second-order valence-corrected chi connectivity index (χ2v) is 3.06. The van der Waals surface area contributed by atoms with Crippen molar-refractivity contribution >= 4 is 0 Å². The van der Waals surface area contributed by atoms with E-state index in [-0.39, 0.29) is 0 Å². The van der Waals surface area contributed by atoms with Crippen LogP contribution in [-0.4, -0.2) is 12.1 Å². The average molecular weight is 128 g/mol. The molecule has 0 heterocycles. The standard InChI is InChI=1S/C7H16N2/c1-2-7(9)5-3-6(8)4-5/h5-7H,2-4,8-9H2,1H3. The number of nitrogens with two attached hydrogens (primary N) is 2. The lowest BCUT2D eigenvalue weighted by Gasteiger charge is -2.36. The summed E-state index contributed by atoms with van der Waals surface area (Å²) in [6.45, 7) is 2.13. The largest absolute Gasteiger partial charge is 0.328 e. The topological polar surface area (TPSA) is 52.0 Å². The van der Waals surface area contributed by atoms with Crippen molar-refractivity contribution in [3.63, 3.8) is 0 Å². The van der Waals surface area contributed by atoms with Crippen LogP contribution in [0.1, 0.15) is 26.2 Å². The molecule has 2 heteroatoms. The van der Waals surface area contributed by atoms with E-state index >= 15 is 0 Å². The van der Waals surface area contributed by atoms with Gasteiger partial charge in [-0.25, -0.2) is 0 Å². The van der Waals surface area contributed by atoms with Crippen molar-refractivity contribution in [1.82, 2.24) is 0 Å². The van der Waals surface area contributed by atoms with Crippen LogP contribution in [0.3, 0.4) is 0 Å². The summed E-state index contributed by atoms with van der Waals surface area (Å²) < 4.78 is 0. The molecule has 1 rings (SSSR count). The van der Waals surface area contributed by atoms with Crippen molar-refractivity contribution in [1.29, 1.82) is 0 Å². The molecule has 0 aliphatic heterocycles. The molecule has 0 radical (unpaired) electrons. The van der Waals surface area contributed by atoms with E-state index in [1.165, 1.54) is 0 Å². The van der Waals surface area contributed by atoms with E-state index in [1.54, 1.807) is 0 Å². The molecule has 0 aromatic carbocycles. The summed E-state index contributed by atoms with van der Waals surface area (Å²) in [4.78, 5) is 0. The minimum Gasteiger partial charge on any atom is -0.328 e. The first-order valence-electron chi connectivity index (χ1n) is 3.75. The van der Waals surface area contributed by atoms with Crippen LogP contribution in [0, 0.1) is 5.92 Å². The zero-order valence-corrected chi connectivity index (χ0v) is 6.01. The summed E-state index contributed by atoms with van der Waals surface area (Å²) in [5, 5.41) is 0. The van der Waals surface area contributed by atoms with Crippen LogP contribution in [0.25, 0.3) is 0 Å². The van der Waals surface area contributed by atoms with E-state index in [2.05, 4.69) is 6.92 Å². The van der Waals surface area contributed by atoms with Gasteiger partial charge in [0.2, 0.25) is 0 Å². The fourth-order valence-electron chi connectivity index (χ4n) is 1.39. The van der Waals surface area contributed by atoms with Gasteiger partial charge < -0.3 is 11.5 Å². The zero-order chi connectivity index (χ0) is 6.85. The first kappa shape index (κ1) is 7.03. The molecule has 9 heavy (non-hydrogen) atoms. The third kappa shape index (κ3) is 1.43. The molecule has 0 aromatic heterocycles. The minimum absolute atomic E-state index is 0.407. The Morgan fingerprint density at radius 2 is 2.11 bits per heavy atom. The summed E-state index contributed by atoms with van der Waals surface area (Å²) in [6, 6.07) is 0.859. The number of hydrogen-bond acceptors (Lipinski definition) is 2. The lowest BCUT2D eigenvalue weighted by molar-refractivity contribution is 0.219. The molecule has 0 aromatic rings. The molecule has 2 nitrogen and oxygen atoms in total. The minimum atomic E-state index is 0.407. The Labute approximate surface area is 56.6 Å². The van der Waals surface area contributed by atoms with Crippen molar-refractivity contribution in [3.8, 4) is 0 Å². The van der Waals surface area contributed by atoms with E-state index in [0.29, 0.717) is 12.1 Å². The van der Waals surface area contributed by atoms with Gasteiger partial charge >= 0.3 is 0 Å². The van der Waals surface area contributed by atoms with Crippen LogP contribution in [0.2, 0.25) is 0 Å². The Morgan fingerprint density at radius 3 is 2.44 bits per heavy atom. The van der Waals surface area contributed by atoms with E-state index in [4.69, 9.17) is 11.5 Å². The van der Waals surface area contributed by atoms with Crippen molar-refractivity contribution in [2.75, 3.05) is 0 Å². The van der Waals surface area contributed by atoms with Gasteiger partial charge in [-0.15, -0.1) is 0 Å². The summed E-state index contributed by atoms with van der Waals surface area (Å²) in [6.07, 6.45) is 3.39. The first-order valence-corrected chi connectivity index (χ1v) is 3.75. The maximum absolute atomic E-state index is 5.78. The fraction of sp³-hybridized carbons (Fsp3) is 1.00. The molecule has 1 aliphatic rings. The van der Waals surface area contributed by atoms with E-state index in [0.717, 1.165) is 25.2 Å². The van der Waals surface area contributed by atoms with Crippen LogP contribution in [0.15, 0.2) is 0 Å². The summed E-state index contributed by atoms with van der Waals surface area (Å²) in [7, 11) is 0. The molecule has 0 bridgehead atoms. The number of rotatable bonds is 2. The van der Waals surface area contributed by atoms with Gasteiger partial charge in [-0.1, -0.05) is 6.92 Å². The average Bonchev–Trinajstić information content (AvgIpc) is 1.79. The van der Waals surface area contributed by atoms with Crippen LogP contribution < -0.4 is 11.5 Å². The van der Waals surface area contributed by atoms with Crippen LogP contribution in [-0.2, 0) is 0 Å². The Hall–Kier alpha value is -0.0800. The predicted octanol–water partition coefficient (Wildman–Crippen LogP) is 0.461. The molecule has 0 amide bonds. The molecule has 4 N–H and O–H groups in total. The Morgan fingerprint density at radius 1 is 1.56 bits per heavy atom. The van der Waals surface area contributed by atoms with E-state index in [1.807, 2.05) is 0 Å². The van der Waals surface area contributed by atoms with Crippen LogP contribution in [0.5, 0.6) is 0 Å². The Bertz CT molecular complexity index is 86.9. The summed E-state index contributed by atoms with van der Waals surface area (Å²) >= 11 is 0. The number of hydrogen-bond donors (Lipinski definition) is 2. The molecule has 54 valence electrons. The fourth-order valence-corrected chi connectivity index (χ4v) is 1.39. The van der Waals surface area contributed by atoms with E-state index < -0.39 is 0 Å². The molecule has 0 saturated heterocycles. The smallest absolute Gasteiger partial charge is 0.00656 e. The van der Waals surface area contributed by atoms with Gasteiger partial charge in [0.15, 0.2) is 0 Å². The lowest BCUT2D eigenvalue weighted by atomic mass is 9.76. The highest BCUT2D eigenvalue weighted by molar-refractivity contribution is 4.87. The highest BCUT2D eigenvalue weighted by Crippen LogP contribution is 2.28. The maximum Gasteiger partial charge on any atom is 0.00656 e. The van der Waals surface area contributed by atoms with Crippen LogP contribution in [0.4, 0.5) is 0 Å². The van der Waals surface area contributed by atoms with Crippen molar-refractivity contribution in [2.45, 2.75) is 38.3 Å². The SMILES string of the molecule is CCC(N)C1CC(N)C1. The van der Waals surface area contributed by atoms with Crippen LogP contribution >= 0.6 is 0 Å². The van der Waals surface area contributed by atoms with Gasteiger partial charge in [-0.05, 0) is 25.2 Å². The highest BCUT2D eigenvalue weighted by Gasteiger charge is 2.29. The van der Waals surface area contributed by atoms with Gasteiger partial charge in [0, 0.05) is 12.1 Å². The van der Waals surface area contributed by atoms with Gasteiger partial charge in [0.25, 0.3) is 0 Å². The molecule has 1 saturated carbocycles. The summed E-state index contributed by atoms with van der Waals surface area (Å²) in [5.41, 5.74) is 11.4. The third-order valence-electron chi connectivity index (χ3n) is 2.29. The second-order valence-electron chi connectivity index (χ2n) is 3.06. The third-order valence-corrected chi connectivity index (χ3v) is 2.29. The normalized spacial score (nSPS) is 37.7. The molecular weight excluding hydrogens is 112 g/mol. The van der Waals surface area contributed by atoms with Gasteiger partial charge in [-0.3, -0.25) is 0 Å². The van der Waals surface area contributed by atoms with Gasteiger partial charge in [0.1, 0.15) is 0 Å². The molecule has 1 atom stereocenters. The van der Waals surface area contributed by atoms with Gasteiger partial charge in [0.05, 0.1) is 0 Å². The first-order chi connectivity index (χ1) is 4.24. The Kier molecular flexibility index (Phi) is 2.09. The quantitative estimate of drug-likeness (QED) is 0.567. The molecular formula is C7H16N2. The molecule has 1 unspecified atom stereocenters. The molecule has 1 fully saturated rings. The van der Waals surface area contributed by atoms with Crippen molar-refractivity contribution in [3.05, 3.63) is 0 Å². The van der Waals surface area contributed by atoms with Crippen molar-refractivity contribution in [2.24, 2.45) is 17.4 Å². The van der Waals surface area contributed by atoms with Gasteiger partial charge in [-0.2, -0.15) is 0 Å². The zero-order valence-electron chi connectivity index (χ0n) is 6.01. The highest BCUT2D eigenvalue weighted by atomic mass is 14.7. The van der Waals surface area contributed by atoms with E-state index in [9.17, 15) is 0 Å².